The highest BCUT2D eigenvalue weighted by Crippen LogP contribution is 2.31. The van der Waals surface area contributed by atoms with Gasteiger partial charge >= 0.3 is 6.18 Å². The average Bonchev–Trinajstić information content (AvgIpc) is 2.09. The van der Waals surface area contributed by atoms with Gasteiger partial charge in [0.05, 0.1) is 0 Å². The molecule has 2 rings (SSSR count). The molecule has 0 amide bonds. The number of alkyl halides is 3. The number of nitrogens with zero attached hydrogens (tertiary/aromatic N) is 2. The molecule has 0 unspecified atom stereocenters. The summed E-state index contributed by atoms with van der Waals surface area (Å²) in [6.07, 6.45) is -1.89. The van der Waals surface area contributed by atoms with E-state index in [-0.39, 0.29) is 12.0 Å². The van der Waals surface area contributed by atoms with E-state index in [9.17, 15) is 13.2 Å². The standard InChI is InChI=1S/C9H8ClF3N2O/c10-8-14-6(9(11,12)13)4-7(15-8)16-5-2-1-3-5/h4-5H,1-3H2. The number of aromatic nitrogens is 2. The maximum absolute atomic E-state index is 12.4. The van der Waals surface area contributed by atoms with Gasteiger partial charge in [0.2, 0.25) is 11.2 Å². The van der Waals surface area contributed by atoms with Crippen LogP contribution < -0.4 is 4.74 Å². The highest BCUT2D eigenvalue weighted by molar-refractivity contribution is 6.28. The summed E-state index contributed by atoms with van der Waals surface area (Å²) in [5.74, 6) is -0.114. The monoisotopic (exact) mass is 252 g/mol. The number of hydrogen-bond acceptors (Lipinski definition) is 3. The quantitative estimate of drug-likeness (QED) is 0.759. The van der Waals surface area contributed by atoms with Crippen LogP contribution in [-0.2, 0) is 6.18 Å². The Morgan fingerprint density at radius 3 is 2.50 bits per heavy atom. The zero-order chi connectivity index (χ0) is 11.8. The molecule has 1 heterocycles. The van der Waals surface area contributed by atoms with E-state index in [4.69, 9.17) is 16.3 Å². The van der Waals surface area contributed by atoms with E-state index >= 15 is 0 Å². The van der Waals surface area contributed by atoms with E-state index in [1.807, 2.05) is 0 Å². The SMILES string of the molecule is FC(F)(F)c1cc(OC2CCC2)nc(Cl)n1. The van der Waals surface area contributed by atoms with Crippen molar-refractivity contribution in [3.63, 3.8) is 0 Å². The average molecular weight is 253 g/mol. The summed E-state index contributed by atoms with van der Waals surface area (Å²) in [7, 11) is 0. The van der Waals surface area contributed by atoms with E-state index in [0.717, 1.165) is 25.3 Å². The minimum atomic E-state index is -4.54. The van der Waals surface area contributed by atoms with Gasteiger partial charge in [0, 0.05) is 6.07 Å². The Morgan fingerprint density at radius 2 is 2.00 bits per heavy atom. The lowest BCUT2D eigenvalue weighted by molar-refractivity contribution is -0.141. The van der Waals surface area contributed by atoms with Crippen LogP contribution in [0.1, 0.15) is 25.0 Å². The topological polar surface area (TPSA) is 35.0 Å². The van der Waals surface area contributed by atoms with Gasteiger partial charge in [-0.25, -0.2) is 4.98 Å². The second-order valence-corrected chi connectivity index (χ2v) is 3.87. The molecule has 16 heavy (non-hydrogen) atoms. The van der Waals surface area contributed by atoms with Gasteiger partial charge in [-0.1, -0.05) is 0 Å². The summed E-state index contributed by atoms with van der Waals surface area (Å²) in [6, 6.07) is 0.768. The van der Waals surface area contributed by atoms with E-state index in [1.54, 1.807) is 0 Å². The van der Waals surface area contributed by atoms with Gasteiger partial charge in [-0.2, -0.15) is 18.2 Å². The lowest BCUT2D eigenvalue weighted by Gasteiger charge is -2.25. The molecule has 0 bridgehead atoms. The van der Waals surface area contributed by atoms with E-state index in [2.05, 4.69) is 9.97 Å². The fraction of sp³-hybridized carbons (Fsp3) is 0.556. The predicted octanol–water partition coefficient (Wildman–Crippen LogP) is 3.08. The number of hydrogen-bond donors (Lipinski definition) is 0. The fourth-order valence-electron chi connectivity index (χ4n) is 1.26. The van der Waals surface area contributed by atoms with Crippen molar-refractivity contribution in [1.29, 1.82) is 0 Å². The lowest BCUT2D eigenvalue weighted by atomic mass is 9.96. The lowest BCUT2D eigenvalue weighted by Crippen LogP contribution is -2.25. The smallest absolute Gasteiger partial charge is 0.433 e. The molecule has 1 aliphatic rings. The molecule has 1 aromatic heterocycles. The fourth-order valence-corrected chi connectivity index (χ4v) is 1.44. The van der Waals surface area contributed by atoms with Crippen LogP contribution in [0.25, 0.3) is 0 Å². The molecule has 1 fully saturated rings. The van der Waals surface area contributed by atoms with Gasteiger partial charge in [-0.3, -0.25) is 0 Å². The van der Waals surface area contributed by atoms with Crippen LogP contribution in [0, 0.1) is 0 Å². The third-order valence-electron chi connectivity index (χ3n) is 2.31. The first kappa shape index (κ1) is 11.4. The first-order valence-electron chi connectivity index (χ1n) is 4.73. The third-order valence-corrected chi connectivity index (χ3v) is 2.47. The van der Waals surface area contributed by atoms with Gasteiger partial charge in [-0.05, 0) is 30.9 Å². The molecule has 1 saturated carbocycles. The highest BCUT2D eigenvalue weighted by atomic mass is 35.5. The van der Waals surface area contributed by atoms with Crippen LogP contribution in [0.4, 0.5) is 13.2 Å². The van der Waals surface area contributed by atoms with Gasteiger partial charge in [-0.15, -0.1) is 0 Å². The van der Waals surface area contributed by atoms with Crippen molar-refractivity contribution < 1.29 is 17.9 Å². The summed E-state index contributed by atoms with van der Waals surface area (Å²) < 4.78 is 42.4. The third kappa shape index (κ3) is 2.55. The van der Waals surface area contributed by atoms with Crippen LogP contribution in [0.2, 0.25) is 5.28 Å². The molecule has 1 aliphatic carbocycles. The number of rotatable bonds is 2. The second-order valence-electron chi connectivity index (χ2n) is 3.53. The van der Waals surface area contributed by atoms with Gasteiger partial charge in [0.15, 0.2) is 5.69 Å². The van der Waals surface area contributed by atoms with Crippen molar-refractivity contribution in [2.45, 2.75) is 31.5 Å². The minimum Gasteiger partial charge on any atom is -0.474 e. The molecule has 1 aromatic rings. The second kappa shape index (κ2) is 4.08. The summed E-state index contributed by atoms with van der Waals surface area (Å²) >= 11 is 5.40. The van der Waals surface area contributed by atoms with E-state index in [1.165, 1.54) is 0 Å². The van der Waals surface area contributed by atoms with Crippen molar-refractivity contribution in [1.82, 2.24) is 9.97 Å². The first-order valence-corrected chi connectivity index (χ1v) is 5.11. The van der Waals surface area contributed by atoms with Crippen molar-refractivity contribution in [2.75, 3.05) is 0 Å². The Bertz CT molecular complexity index is 393. The van der Waals surface area contributed by atoms with Crippen molar-refractivity contribution in [3.05, 3.63) is 17.0 Å². The molecule has 88 valence electrons. The molecule has 3 nitrogen and oxygen atoms in total. The highest BCUT2D eigenvalue weighted by Gasteiger charge is 2.34. The summed E-state index contributed by atoms with van der Waals surface area (Å²) in [5, 5.41) is -0.454. The van der Waals surface area contributed by atoms with Gasteiger partial charge in [0.25, 0.3) is 0 Å². The molecule has 0 aromatic carbocycles. The minimum absolute atomic E-state index is 0.0490. The maximum atomic E-state index is 12.4. The van der Waals surface area contributed by atoms with E-state index in [0.29, 0.717) is 0 Å². The van der Waals surface area contributed by atoms with Gasteiger partial charge < -0.3 is 4.74 Å². The molecular weight excluding hydrogens is 245 g/mol. The molecule has 0 aliphatic heterocycles. The predicted molar refractivity (Wildman–Crippen MR) is 50.3 cm³/mol. The van der Waals surface area contributed by atoms with Gasteiger partial charge in [0.1, 0.15) is 6.10 Å². The molecule has 0 N–H and O–H groups in total. The number of halogens is 4. The van der Waals surface area contributed by atoms with Crippen LogP contribution >= 0.6 is 11.6 Å². The van der Waals surface area contributed by atoms with Crippen LogP contribution in [0.15, 0.2) is 6.07 Å². The molecule has 0 spiro atoms. The molecular formula is C9H8ClF3N2O. The summed E-state index contributed by atoms with van der Waals surface area (Å²) in [5.41, 5.74) is -1.08. The zero-order valence-corrected chi connectivity index (χ0v) is 8.85. The Balaban J connectivity index is 2.21. The molecule has 7 heteroatoms. The molecule has 0 saturated heterocycles. The Morgan fingerprint density at radius 1 is 1.31 bits per heavy atom. The first-order chi connectivity index (χ1) is 7.45. The van der Waals surface area contributed by atoms with Crippen LogP contribution in [0.3, 0.4) is 0 Å². The largest absolute Gasteiger partial charge is 0.474 e. The van der Waals surface area contributed by atoms with E-state index < -0.39 is 17.2 Å². The normalized spacial score (nSPS) is 17.0. The Hall–Kier alpha value is -1.04. The van der Waals surface area contributed by atoms with Crippen molar-refractivity contribution in [3.8, 4) is 5.88 Å². The summed E-state index contributed by atoms with van der Waals surface area (Å²) in [4.78, 5) is 6.71. The van der Waals surface area contributed by atoms with Crippen molar-refractivity contribution in [2.24, 2.45) is 0 Å². The Kier molecular flexibility index (Phi) is 2.92. The van der Waals surface area contributed by atoms with Crippen LogP contribution in [-0.4, -0.2) is 16.1 Å². The zero-order valence-electron chi connectivity index (χ0n) is 8.09. The number of ether oxygens (including phenoxy) is 1. The summed E-state index contributed by atoms with van der Waals surface area (Å²) in [6.45, 7) is 0. The van der Waals surface area contributed by atoms with Crippen molar-refractivity contribution >= 4 is 11.6 Å². The van der Waals surface area contributed by atoms with Crippen LogP contribution in [0.5, 0.6) is 5.88 Å². The Labute approximate surface area is 94.6 Å². The maximum Gasteiger partial charge on any atom is 0.433 e. The molecule has 0 radical (unpaired) electrons. The molecule has 0 atom stereocenters.